The molecule has 1 aromatic carbocycles. The van der Waals surface area contributed by atoms with Crippen LogP contribution in [0.4, 0.5) is 0 Å². The van der Waals surface area contributed by atoms with Gasteiger partial charge >= 0.3 is 5.97 Å². The third-order valence-electron chi connectivity index (χ3n) is 1.55. The van der Waals surface area contributed by atoms with E-state index in [1.807, 2.05) is 0 Å². The van der Waals surface area contributed by atoms with Gasteiger partial charge in [-0.25, -0.2) is 4.79 Å². The zero-order chi connectivity index (χ0) is 9.30. The number of benzene rings is 1. The molecule has 0 radical (unpaired) electrons. The fraction of sp³-hybridized carbons (Fsp3) is 0.125. The lowest BCUT2D eigenvalue weighted by Gasteiger charge is -2.03. The van der Waals surface area contributed by atoms with Crippen LogP contribution < -0.4 is 0 Å². The summed E-state index contributed by atoms with van der Waals surface area (Å²) in [5, 5.41) is 8.97. The van der Waals surface area contributed by atoms with E-state index in [0.29, 0.717) is 0 Å². The van der Waals surface area contributed by atoms with E-state index in [-0.39, 0.29) is 10.6 Å². The molecule has 0 spiro atoms. The highest BCUT2D eigenvalue weighted by atomic mass is 79.9. The van der Waals surface area contributed by atoms with Crippen molar-refractivity contribution in [2.75, 3.05) is 0 Å². The van der Waals surface area contributed by atoms with Gasteiger partial charge in [0.05, 0.1) is 10.6 Å². The minimum Gasteiger partial charge on any atom is -0.478 e. The molecule has 12 heavy (non-hydrogen) atoms. The molecular formula is C8H6BrClO2. The van der Waals surface area contributed by atoms with Gasteiger partial charge in [-0.15, -0.1) is 0 Å². The van der Waals surface area contributed by atoms with Gasteiger partial charge < -0.3 is 5.11 Å². The number of hydrogen-bond acceptors (Lipinski definition) is 1. The molecule has 0 saturated carbocycles. The third-order valence-corrected chi connectivity index (χ3v) is 2.90. The van der Waals surface area contributed by atoms with Gasteiger partial charge in [0, 0.05) is 4.47 Å². The van der Waals surface area contributed by atoms with Crippen LogP contribution in [0.3, 0.4) is 0 Å². The lowest BCUT2D eigenvalue weighted by atomic mass is 10.1. The minimum atomic E-state index is -1.00. The van der Waals surface area contributed by atoms with E-state index >= 15 is 0 Å². The van der Waals surface area contributed by atoms with Crippen molar-refractivity contribution in [3.63, 3.8) is 0 Å². The molecule has 0 fully saturated rings. The van der Waals surface area contributed by atoms with E-state index in [1.54, 1.807) is 13.0 Å². The van der Waals surface area contributed by atoms with Gasteiger partial charge in [-0.3, -0.25) is 0 Å². The molecule has 0 bridgehead atoms. The SMILES string of the molecule is Cc1c(Br)ccc(C(=O)O)c1Cl. The maximum Gasteiger partial charge on any atom is 0.337 e. The first kappa shape index (κ1) is 9.55. The van der Waals surface area contributed by atoms with Crippen LogP contribution in [0.25, 0.3) is 0 Å². The topological polar surface area (TPSA) is 37.3 Å². The Morgan fingerprint density at radius 3 is 2.67 bits per heavy atom. The van der Waals surface area contributed by atoms with Crippen LogP contribution in [-0.4, -0.2) is 11.1 Å². The van der Waals surface area contributed by atoms with Crippen molar-refractivity contribution in [2.45, 2.75) is 6.92 Å². The summed E-state index contributed by atoms with van der Waals surface area (Å²) < 4.78 is 0.817. The van der Waals surface area contributed by atoms with E-state index in [4.69, 9.17) is 16.7 Å². The van der Waals surface area contributed by atoms with E-state index in [1.165, 1.54) is 6.07 Å². The van der Waals surface area contributed by atoms with Crippen LogP contribution >= 0.6 is 27.5 Å². The summed E-state index contributed by atoms with van der Waals surface area (Å²) in [6, 6.07) is 3.15. The summed E-state index contributed by atoms with van der Waals surface area (Å²) in [5.41, 5.74) is 0.883. The average molecular weight is 249 g/mol. The zero-order valence-corrected chi connectivity index (χ0v) is 8.61. The quantitative estimate of drug-likeness (QED) is 0.830. The number of carboxylic acid groups (broad SMARTS) is 1. The highest BCUT2D eigenvalue weighted by Crippen LogP contribution is 2.27. The molecule has 0 unspecified atom stereocenters. The molecule has 0 heterocycles. The Kier molecular flexibility index (Phi) is 2.75. The molecule has 0 aliphatic carbocycles. The Morgan fingerprint density at radius 2 is 2.17 bits per heavy atom. The monoisotopic (exact) mass is 248 g/mol. The Morgan fingerprint density at radius 1 is 1.58 bits per heavy atom. The number of halogens is 2. The summed E-state index contributed by atoms with van der Waals surface area (Å²) in [4.78, 5) is 10.6. The highest BCUT2D eigenvalue weighted by Gasteiger charge is 2.11. The van der Waals surface area contributed by atoms with Crippen LogP contribution in [0.5, 0.6) is 0 Å². The number of aromatic carboxylic acids is 1. The van der Waals surface area contributed by atoms with Gasteiger partial charge in [0.25, 0.3) is 0 Å². The van der Waals surface area contributed by atoms with Crippen LogP contribution in [-0.2, 0) is 0 Å². The summed E-state index contributed by atoms with van der Waals surface area (Å²) in [7, 11) is 0. The Bertz CT molecular complexity index is 336. The first-order chi connectivity index (χ1) is 5.54. The minimum absolute atomic E-state index is 0.136. The van der Waals surface area contributed by atoms with Gasteiger partial charge in [-0.05, 0) is 24.6 Å². The maximum absolute atomic E-state index is 10.6. The van der Waals surface area contributed by atoms with Crippen molar-refractivity contribution in [1.82, 2.24) is 0 Å². The zero-order valence-electron chi connectivity index (χ0n) is 6.27. The number of carboxylic acids is 1. The molecule has 0 aromatic heterocycles. The second kappa shape index (κ2) is 3.46. The first-order valence-corrected chi connectivity index (χ1v) is 4.39. The van der Waals surface area contributed by atoms with Crippen LogP contribution in [0, 0.1) is 6.92 Å². The van der Waals surface area contributed by atoms with Crippen molar-refractivity contribution in [2.24, 2.45) is 0 Å². The van der Waals surface area contributed by atoms with E-state index < -0.39 is 5.97 Å². The first-order valence-electron chi connectivity index (χ1n) is 3.22. The summed E-state index contributed by atoms with van der Waals surface area (Å²) >= 11 is 9.03. The van der Waals surface area contributed by atoms with Crippen LogP contribution in [0.15, 0.2) is 16.6 Å². The fourth-order valence-corrected chi connectivity index (χ4v) is 1.52. The lowest BCUT2D eigenvalue weighted by Crippen LogP contribution is -1.98. The highest BCUT2D eigenvalue weighted by molar-refractivity contribution is 9.10. The molecule has 64 valence electrons. The smallest absolute Gasteiger partial charge is 0.337 e. The largest absolute Gasteiger partial charge is 0.478 e. The molecular weight excluding hydrogens is 243 g/mol. The number of rotatable bonds is 1. The third kappa shape index (κ3) is 1.62. The average Bonchev–Trinajstić information content (AvgIpc) is 2.00. The lowest BCUT2D eigenvalue weighted by molar-refractivity contribution is 0.0697. The molecule has 0 saturated heterocycles. The van der Waals surface area contributed by atoms with Crippen molar-refractivity contribution in [3.05, 3.63) is 32.8 Å². The predicted octanol–water partition coefficient (Wildman–Crippen LogP) is 3.11. The van der Waals surface area contributed by atoms with Gasteiger partial charge in [0.2, 0.25) is 0 Å². The van der Waals surface area contributed by atoms with Gasteiger partial charge in [0.1, 0.15) is 0 Å². The number of hydrogen-bond donors (Lipinski definition) is 1. The summed E-state index contributed by atoms with van der Waals surface area (Å²) in [5.74, 6) is -1.00. The van der Waals surface area contributed by atoms with Crippen molar-refractivity contribution >= 4 is 33.5 Å². The van der Waals surface area contributed by atoms with Crippen molar-refractivity contribution in [3.8, 4) is 0 Å². The fourth-order valence-electron chi connectivity index (χ4n) is 0.827. The van der Waals surface area contributed by atoms with Gasteiger partial charge in [-0.2, -0.15) is 0 Å². The van der Waals surface area contributed by atoms with E-state index in [2.05, 4.69) is 15.9 Å². The molecule has 4 heteroatoms. The van der Waals surface area contributed by atoms with Crippen molar-refractivity contribution < 1.29 is 9.90 Å². The van der Waals surface area contributed by atoms with Crippen LogP contribution in [0.2, 0.25) is 5.02 Å². The summed E-state index contributed by atoms with van der Waals surface area (Å²) in [6.45, 7) is 1.76. The van der Waals surface area contributed by atoms with Crippen molar-refractivity contribution in [1.29, 1.82) is 0 Å². The normalized spacial score (nSPS) is 9.92. The second-order valence-electron chi connectivity index (χ2n) is 2.34. The van der Waals surface area contributed by atoms with Gasteiger partial charge in [-0.1, -0.05) is 27.5 Å². The molecule has 1 rings (SSSR count). The molecule has 0 amide bonds. The predicted molar refractivity (Wildman–Crippen MR) is 50.8 cm³/mol. The molecule has 1 aromatic rings. The Hall–Kier alpha value is -0.540. The maximum atomic E-state index is 10.6. The number of carbonyl (C=O) groups is 1. The molecule has 0 atom stereocenters. The second-order valence-corrected chi connectivity index (χ2v) is 3.57. The van der Waals surface area contributed by atoms with E-state index in [9.17, 15) is 4.79 Å². The molecule has 0 aliphatic heterocycles. The molecule has 0 aliphatic rings. The van der Waals surface area contributed by atoms with E-state index in [0.717, 1.165) is 10.0 Å². The Balaban J connectivity index is 3.36. The Labute approximate surface area is 83.3 Å². The molecule has 1 N–H and O–H groups in total. The standard InChI is InChI=1S/C8H6BrClO2/c1-4-6(9)3-2-5(7(4)10)8(11)12/h2-3H,1H3,(H,11,12). The summed E-state index contributed by atoms with van der Waals surface area (Å²) in [6.07, 6.45) is 0. The van der Waals surface area contributed by atoms with Crippen LogP contribution in [0.1, 0.15) is 15.9 Å². The molecule has 2 nitrogen and oxygen atoms in total. The van der Waals surface area contributed by atoms with Gasteiger partial charge in [0.15, 0.2) is 0 Å².